The van der Waals surface area contributed by atoms with Crippen LogP contribution in [0.1, 0.15) is 15.9 Å². The number of carboxylic acids is 1. The van der Waals surface area contributed by atoms with E-state index < -0.39 is 17.6 Å². The molecule has 0 spiro atoms. The van der Waals surface area contributed by atoms with Crippen molar-refractivity contribution in [3.63, 3.8) is 0 Å². The van der Waals surface area contributed by atoms with E-state index in [2.05, 4.69) is 5.32 Å². The molecule has 2 N–H and O–H groups in total. The van der Waals surface area contributed by atoms with Crippen LogP contribution in [0, 0.1) is 11.6 Å². The second-order valence-corrected chi connectivity index (χ2v) is 4.51. The summed E-state index contributed by atoms with van der Waals surface area (Å²) in [6.45, 7) is 0.264. The normalized spacial score (nSPS) is 10.3. The van der Waals surface area contributed by atoms with Crippen molar-refractivity contribution in [1.29, 1.82) is 0 Å². The third-order valence-corrected chi connectivity index (χ3v) is 2.99. The first-order valence-corrected chi connectivity index (χ1v) is 6.06. The first-order valence-electron chi connectivity index (χ1n) is 5.68. The largest absolute Gasteiger partial charge is 0.478 e. The number of hydrogen-bond donors (Lipinski definition) is 2. The number of carboxylic acid groups (broad SMARTS) is 1. The number of rotatable bonds is 4. The van der Waals surface area contributed by atoms with Crippen LogP contribution >= 0.6 is 11.6 Å². The Morgan fingerprint density at radius 3 is 2.50 bits per heavy atom. The van der Waals surface area contributed by atoms with Crippen molar-refractivity contribution < 1.29 is 18.7 Å². The lowest BCUT2D eigenvalue weighted by Crippen LogP contribution is -2.02. The molecule has 3 nitrogen and oxygen atoms in total. The van der Waals surface area contributed by atoms with Crippen LogP contribution in [0.2, 0.25) is 5.02 Å². The Bertz CT molecular complexity index is 662. The molecule has 2 aromatic rings. The monoisotopic (exact) mass is 297 g/mol. The van der Waals surface area contributed by atoms with Crippen molar-refractivity contribution in [1.82, 2.24) is 0 Å². The average molecular weight is 298 g/mol. The van der Waals surface area contributed by atoms with Crippen molar-refractivity contribution in [3.8, 4) is 0 Å². The highest BCUT2D eigenvalue weighted by atomic mass is 35.5. The number of hydrogen-bond acceptors (Lipinski definition) is 2. The molecule has 0 aromatic heterocycles. The van der Waals surface area contributed by atoms with Gasteiger partial charge in [0.2, 0.25) is 0 Å². The molecule has 0 radical (unpaired) electrons. The zero-order valence-electron chi connectivity index (χ0n) is 10.2. The summed E-state index contributed by atoms with van der Waals surface area (Å²) >= 11 is 5.82. The van der Waals surface area contributed by atoms with Gasteiger partial charge in [0.25, 0.3) is 0 Å². The van der Waals surface area contributed by atoms with E-state index in [0.717, 1.165) is 12.1 Å². The van der Waals surface area contributed by atoms with Crippen LogP contribution in [-0.2, 0) is 6.54 Å². The molecular formula is C14H10ClF2NO2. The molecular weight excluding hydrogens is 288 g/mol. The van der Waals surface area contributed by atoms with E-state index in [1.54, 1.807) is 6.07 Å². The molecule has 2 aromatic carbocycles. The van der Waals surface area contributed by atoms with Crippen LogP contribution in [0.15, 0.2) is 36.4 Å². The second kappa shape index (κ2) is 5.88. The molecule has 0 aliphatic carbocycles. The Kier molecular flexibility index (Phi) is 4.20. The van der Waals surface area contributed by atoms with E-state index in [-0.39, 0.29) is 17.1 Å². The van der Waals surface area contributed by atoms with Crippen molar-refractivity contribution in [2.45, 2.75) is 6.54 Å². The highest BCUT2D eigenvalue weighted by Crippen LogP contribution is 2.21. The van der Waals surface area contributed by atoms with Gasteiger partial charge < -0.3 is 10.4 Å². The maximum absolute atomic E-state index is 13.0. The third kappa shape index (κ3) is 3.24. The van der Waals surface area contributed by atoms with Crippen LogP contribution in [0.4, 0.5) is 14.5 Å². The Balaban J connectivity index is 2.09. The van der Waals surface area contributed by atoms with Gasteiger partial charge in [-0.15, -0.1) is 0 Å². The van der Waals surface area contributed by atoms with Crippen molar-refractivity contribution >= 4 is 23.3 Å². The molecule has 2 rings (SSSR count). The van der Waals surface area contributed by atoms with Gasteiger partial charge in [0, 0.05) is 12.2 Å². The quantitative estimate of drug-likeness (QED) is 0.899. The second-order valence-electron chi connectivity index (χ2n) is 4.10. The minimum absolute atomic E-state index is 0.00467. The Morgan fingerprint density at radius 1 is 1.15 bits per heavy atom. The summed E-state index contributed by atoms with van der Waals surface area (Å²) in [5.41, 5.74) is 1.15. The van der Waals surface area contributed by atoms with Crippen LogP contribution in [0.3, 0.4) is 0 Å². The molecule has 0 saturated heterocycles. The first-order chi connectivity index (χ1) is 9.47. The minimum Gasteiger partial charge on any atom is -0.478 e. The van der Waals surface area contributed by atoms with Crippen LogP contribution < -0.4 is 5.32 Å². The lowest BCUT2D eigenvalue weighted by atomic mass is 10.2. The molecule has 0 aliphatic rings. The van der Waals surface area contributed by atoms with Crippen LogP contribution in [-0.4, -0.2) is 11.1 Å². The molecule has 0 amide bonds. The van der Waals surface area contributed by atoms with Crippen molar-refractivity contribution in [2.24, 2.45) is 0 Å². The fourth-order valence-electron chi connectivity index (χ4n) is 1.65. The molecule has 0 bridgehead atoms. The van der Waals surface area contributed by atoms with Gasteiger partial charge in [0.1, 0.15) is 0 Å². The van der Waals surface area contributed by atoms with Gasteiger partial charge in [-0.1, -0.05) is 17.7 Å². The number of benzene rings is 2. The summed E-state index contributed by atoms with van der Waals surface area (Å²) in [6, 6.07) is 7.99. The highest BCUT2D eigenvalue weighted by molar-refractivity contribution is 6.33. The standard InChI is InChI=1S/C14H10ClF2NO2/c15-11-6-9(2-3-10(11)14(19)20)18-7-8-1-4-12(16)13(17)5-8/h1-6,18H,7H2,(H,19,20). The zero-order chi connectivity index (χ0) is 14.7. The third-order valence-electron chi connectivity index (χ3n) is 2.68. The summed E-state index contributed by atoms with van der Waals surface area (Å²) < 4.78 is 25.8. The maximum Gasteiger partial charge on any atom is 0.337 e. The summed E-state index contributed by atoms with van der Waals surface area (Å²) in [6.07, 6.45) is 0. The van der Waals surface area contributed by atoms with E-state index >= 15 is 0 Å². The van der Waals surface area contributed by atoms with E-state index in [1.165, 1.54) is 18.2 Å². The molecule has 0 aliphatic heterocycles. The predicted molar refractivity (Wildman–Crippen MR) is 72.1 cm³/mol. The van der Waals surface area contributed by atoms with Crippen LogP contribution in [0.5, 0.6) is 0 Å². The molecule has 6 heteroatoms. The Labute approximate surface area is 118 Å². The van der Waals surface area contributed by atoms with Gasteiger partial charge in [-0.05, 0) is 35.9 Å². The van der Waals surface area contributed by atoms with Crippen molar-refractivity contribution in [3.05, 3.63) is 64.2 Å². The molecule has 0 heterocycles. The average Bonchev–Trinajstić information content (AvgIpc) is 2.40. The zero-order valence-corrected chi connectivity index (χ0v) is 10.9. The highest BCUT2D eigenvalue weighted by Gasteiger charge is 2.09. The lowest BCUT2D eigenvalue weighted by Gasteiger charge is -2.08. The molecule has 0 fully saturated rings. The van der Waals surface area contributed by atoms with Gasteiger partial charge in [-0.2, -0.15) is 0 Å². The lowest BCUT2D eigenvalue weighted by molar-refractivity contribution is 0.0697. The predicted octanol–water partition coefficient (Wildman–Crippen LogP) is 3.93. The van der Waals surface area contributed by atoms with Gasteiger partial charge in [-0.25, -0.2) is 13.6 Å². The van der Waals surface area contributed by atoms with E-state index in [0.29, 0.717) is 11.3 Å². The molecule has 0 saturated carbocycles. The van der Waals surface area contributed by atoms with Gasteiger partial charge in [0.05, 0.1) is 10.6 Å². The van der Waals surface area contributed by atoms with Gasteiger partial charge in [0.15, 0.2) is 11.6 Å². The number of halogens is 3. The van der Waals surface area contributed by atoms with E-state index in [1.807, 2.05) is 0 Å². The number of nitrogens with one attached hydrogen (secondary N) is 1. The summed E-state index contributed by atoms with van der Waals surface area (Å²) in [5, 5.41) is 11.9. The minimum atomic E-state index is -1.11. The smallest absolute Gasteiger partial charge is 0.337 e. The first kappa shape index (κ1) is 14.3. The molecule has 0 unspecified atom stereocenters. The van der Waals surface area contributed by atoms with E-state index in [4.69, 9.17) is 16.7 Å². The van der Waals surface area contributed by atoms with Gasteiger partial charge >= 0.3 is 5.97 Å². The summed E-state index contributed by atoms with van der Waals surface area (Å²) in [7, 11) is 0. The topological polar surface area (TPSA) is 49.3 Å². The molecule has 20 heavy (non-hydrogen) atoms. The van der Waals surface area contributed by atoms with Gasteiger partial charge in [-0.3, -0.25) is 0 Å². The number of aromatic carboxylic acids is 1. The van der Waals surface area contributed by atoms with Crippen LogP contribution in [0.25, 0.3) is 0 Å². The Morgan fingerprint density at radius 2 is 1.90 bits per heavy atom. The summed E-state index contributed by atoms with van der Waals surface area (Å²) in [4.78, 5) is 10.8. The number of carbonyl (C=O) groups is 1. The SMILES string of the molecule is O=C(O)c1ccc(NCc2ccc(F)c(F)c2)cc1Cl. The summed E-state index contributed by atoms with van der Waals surface area (Å²) in [5.74, 6) is -2.92. The molecule has 0 atom stereocenters. The van der Waals surface area contributed by atoms with Crippen molar-refractivity contribution in [2.75, 3.05) is 5.32 Å². The maximum atomic E-state index is 13.0. The number of anilines is 1. The molecule has 104 valence electrons. The van der Waals surface area contributed by atoms with E-state index in [9.17, 15) is 13.6 Å². The fourth-order valence-corrected chi connectivity index (χ4v) is 1.91. The Hall–Kier alpha value is -2.14. The fraction of sp³-hybridized carbons (Fsp3) is 0.0714.